The number of rotatable bonds is 4. The summed E-state index contributed by atoms with van der Waals surface area (Å²) in [5.74, 6) is -4.25. The number of amides is 1. The Balaban J connectivity index is 1.56. The van der Waals surface area contributed by atoms with E-state index in [1.807, 2.05) is 0 Å². The molecule has 3 aromatic rings. The highest BCUT2D eigenvalue weighted by molar-refractivity contribution is 7.13. The smallest absolute Gasteiger partial charge is 0.275 e. The van der Waals surface area contributed by atoms with Gasteiger partial charge in [-0.1, -0.05) is 0 Å². The molecule has 170 valence electrons. The zero-order chi connectivity index (χ0) is 23.0. The molecule has 0 unspecified atom stereocenters. The Kier molecular flexibility index (Phi) is 6.26. The number of thiazole rings is 1. The molecule has 0 aliphatic carbocycles. The topological polar surface area (TPSA) is 95.1 Å². The van der Waals surface area contributed by atoms with Crippen LogP contribution in [0.4, 0.5) is 23.2 Å². The van der Waals surface area contributed by atoms with Crippen molar-refractivity contribution in [1.82, 2.24) is 14.8 Å². The fourth-order valence-electron chi connectivity index (χ4n) is 3.48. The van der Waals surface area contributed by atoms with E-state index in [4.69, 9.17) is 10.5 Å². The van der Waals surface area contributed by atoms with Crippen molar-refractivity contribution in [2.24, 2.45) is 12.8 Å². The van der Waals surface area contributed by atoms with E-state index in [0.717, 1.165) is 17.4 Å². The third kappa shape index (κ3) is 4.25. The number of alkyl halides is 1. The molecule has 0 radical (unpaired) electrons. The number of aromatic nitrogens is 3. The van der Waals surface area contributed by atoms with Crippen LogP contribution in [0.5, 0.6) is 0 Å². The molecule has 1 amide bonds. The van der Waals surface area contributed by atoms with Crippen LogP contribution in [0.3, 0.4) is 0 Å². The second-order valence-corrected chi connectivity index (χ2v) is 8.21. The first-order valence-corrected chi connectivity index (χ1v) is 10.6. The third-order valence-electron chi connectivity index (χ3n) is 5.22. The summed E-state index contributed by atoms with van der Waals surface area (Å²) in [7, 11) is 1.66. The van der Waals surface area contributed by atoms with E-state index in [2.05, 4.69) is 15.4 Å². The number of hydrogen-bond donors (Lipinski definition) is 2. The van der Waals surface area contributed by atoms with Crippen LogP contribution >= 0.6 is 11.3 Å². The Morgan fingerprint density at radius 3 is 2.81 bits per heavy atom. The molecule has 3 atom stereocenters. The molecule has 1 aliphatic rings. The van der Waals surface area contributed by atoms with Gasteiger partial charge in [-0.25, -0.2) is 22.5 Å². The highest BCUT2D eigenvalue weighted by Gasteiger charge is 2.30. The van der Waals surface area contributed by atoms with Crippen LogP contribution in [0.25, 0.3) is 10.6 Å². The van der Waals surface area contributed by atoms with Crippen LogP contribution in [-0.2, 0) is 11.8 Å². The van der Waals surface area contributed by atoms with Crippen molar-refractivity contribution in [3.05, 3.63) is 52.5 Å². The summed E-state index contributed by atoms with van der Waals surface area (Å²) in [6, 6.07) is 0.827. The largest absolute Gasteiger partial charge is 0.369 e. The quantitative estimate of drug-likeness (QED) is 0.449. The number of halogens is 4. The highest BCUT2D eigenvalue weighted by atomic mass is 32.1. The molecule has 3 N–H and O–H groups in total. The molecular formula is C20H19F4N5O2S. The SMILES string of the molecule is Cn1ncc(NC(=O)c2csc(-c3c(F)ccc(F)c3F)n2)c1[C@@H]1CC[C@@H](N)[C@H](F)CO1. The summed E-state index contributed by atoms with van der Waals surface area (Å²) in [5, 5.41) is 7.91. The van der Waals surface area contributed by atoms with Gasteiger partial charge in [0.05, 0.1) is 29.7 Å². The first-order chi connectivity index (χ1) is 15.3. The van der Waals surface area contributed by atoms with Gasteiger partial charge < -0.3 is 15.8 Å². The van der Waals surface area contributed by atoms with Crippen molar-refractivity contribution in [1.29, 1.82) is 0 Å². The summed E-state index contributed by atoms with van der Waals surface area (Å²) >= 11 is 0.800. The number of aryl methyl sites for hydroxylation is 1. The maximum Gasteiger partial charge on any atom is 0.275 e. The number of carbonyl (C=O) groups is 1. The molecule has 1 saturated heterocycles. The molecule has 1 aliphatic heterocycles. The molecule has 1 fully saturated rings. The van der Waals surface area contributed by atoms with Crippen LogP contribution in [-0.4, -0.2) is 39.5 Å². The maximum atomic E-state index is 14.0. The number of benzene rings is 1. The number of nitrogens with zero attached hydrogens (tertiary/aromatic N) is 3. The van der Waals surface area contributed by atoms with Gasteiger partial charge in [0, 0.05) is 18.5 Å². The van der Waals surface area contributed by atoms with Gasteiger partial charge >= 0.3 is 0 Å². The first-order valence-electron chi connectivity index (χ1n) is 9.70. The molecule has 0 spiro atoms. The summed E-state index contributed by atoms with van der Waals surface area (Å²) in [4.78, 5) is 16.7. The van der Waals surface area contributed by atoms with Crippen molar-refractivity contribution in [2.75, 3.05) is 11.9 Å². The predicted octanol–water partition coefficient (Wildman–Crippen LogP) is 3.73. The number of hydrogen-bond acceptors (Lipinski definition) is 6. The van der Waals surface area contributed by atoms with Gasteiger partial charge in [0.2, 0.25) is 0 Å². The molecule has 2 aromatic heterocycles. The summed E-state index contributed by atoms with van der Waals surface area (Å²) in [6.07, 6.45) is 0.413. The van der Waals surface area contributed by atoms with Crippen LogP contribution in [0.15, 0.2) is 23.7 Å². The Bertz CT molecular complexity index is 1140. The minimum atomic E-state index is -1.38. The van der Waals surface area contributed by atoms with Crippen LogP contribution in [0.1, 0.15) is 35.1 Å². The van der Waals surface area contributed by atoms with Crippen LogP contribution < -0.4 is 11.1 Å². The van der Waals surface area contributed by atoms with Crippen molar-refractivity contribution in [3.63, 3.8) is 0 Å². The summed E-state index contributed by atoms with van der Waals surface area (Å²) < 4.78 is 62.6. The zero-order valence-electron chi connectivity index (χ0n) is 16.8. The lowest BCUT2D eigenvalue weighted by molar-refractivity contribution is 0.0247. The van der Waals surface area contributed by atoms with E-state index >= 15 is 0 Å². The molecule has 32 heavy (non-hydrogen) atoms. The second-order valence-electron chi connectivity index (χ2n) is 7.36. The lowest BCUT2D eigenvalue weighted by Crippen LogP contribution is -2.32. The number of nitrogens with two attached hydrogens (primary N) is 1. The summed E-state index contributed by atoms with van der Waals surface area (Å²) in [6.45, 7) is -0.176. The number of anilines is 1. The van der Waals surface area contributed by atoms with E-state index in [0.29, 0.717) is 30.3 Å². The lowest BCUT2D eigenvalue weighted by Gasteiger charge is -2.17. The van der Waals surface area contributed by atoms with E-state index in [-0.39, 0.29) is 17.3 Å². The molecule has 1 aromatic carbocycles. The number of carbonyl (C=O) groups excluding carboxylic acids is 1. The van der Waals surface area contributed by atoms with Crippen molar-refractivity contribution in [3.8, 4) is 10.6 Å². The average molecular weight is 469 g/mol. The predicted molar refractivity (Wildman–Crippen MR) is 109 cm³/mol. The lowest BCUT2D eigenvalue weighted by atomic mass is 10.0. The summed E-state index contributed by atoms with van der Waals surface area (Å²) in [5.41, 5.74) is 5.87. The molecule has 7 nitrogen and oxygen atoms in total. The van der Waals surface area contributed by atoms with E-state index in [1.165, 1.54) is 16.3 Å². The molecule has 3 heterocycles. The molecule has 0 saturated carbocycles. The standard InChI is InChI=1S/C20H19F4N5O2S/c1-29-18(15-5-4-12(25)11(23)7-31-15)13(6-26-29)27-19(30)14-8-32-20(28-14)16-9(21)2-3-10(22)17(16)24/h2-3,6,8,11-12,15H,4-5,7,25H2,1H3,(H,27,30)/t11-,12-,15+/m1/s1. The van der Waals surface area contributed by atoms with Crippen molar-refractivity contribution < 1.29 is 27.1 Å². The van der Waals surface area contributed by atoms with E-state index < -0.39 is 47.2 Å². The Morgan fingerprint density at radius 1 is 1.28 bits per heavy atom. The molecule has 12 heteroatoms. The Labute approximate surface area is 184 Å². The second kappa shape index (κ2) is 8.96. The van der Waals surface area contributed by atoms with Gasteiger partial charge in [0.15, 0.2) is 11.6 Å². The van der Waals surface area contributed by atoms with E-state index in [9.17, 15) is 22.4 Å². The fourth-order valence-corrected chi connectivity index (χ4v) is 4.32. The first kappa shape index (κ1) is 22.4. The monoisotopic (exact) mass is 469 g/mol. The number of ether oxygens (including phenoxy) is 1. The van der Waals surface area contributed by atoms with Gasteiger partial charge in [-0.2, -0.15) is 5.10 Å². The average Bonchev–Trinajstić information content (AvgIpc) is 3.34. The maximum absolute atomic E-state index is 14.0. The number of nitrogens with one attached hydrogen (secondary N) is 1. The van der Waals surface area contributed by atoms with Gasteiger partial charge in [-0.15, -0.1) is 11.3 Å². The van der Waals surface area contributed by atoms with Gasteiger partial charge in [0.1, 0.15) is 28.8 Å². The zero-order valence-corrected chi connectivity index (χ0v) is 17.6. The molecule has 4 rings (SSSR count). The minimum Gasteiger partial charge on any atom is -0.369 e. The Morgan fingerprint density at radius 2 is 2.03 bits per heavy atom. The van der Waals surface area contributed by atoms with Crippen molar-refractivity contribution >= 4 is 22.9 Å². The highest BCUT2D eigenvalue weighted by Crippen LogP contribution is 2.33. The normalized spacial score (nSPS) is 21.4. The minimum absolute atomic E-state index is 0.115. The van der Waals surface area contributed by atoms with Crippen LogP contribution in [0.2, 0.25) is 0 Å². The Hall–Kier alpha value is -2.83. The fraction of sp³-hybridized carbons (Fsp3) is 0.350. The van der Waals surface area contributed by atoms with Gasteiger partial charge in [0.25, 0.3) is 5.91 Å². The molecule has 0 bridgehead atoms. The van der Waals surface area contributed by atoms with E-state index in [1.54, 1.807) is 7.05 Å². The van der Waals surface area contributed by atoms with Gasteiger partial charge in [-0.3, -0.25) is 9.48 Å². The molecular weight excluding hydrogens is 450 g/mol. The van der Waals surface area contributed by atoms with Gasteiger partial charge in [-0.05, 0) is 25.0 Å². The van der Waals surface area contributed by atoms with Crippen molar-refractivity contribution in [2.45, 2.75) is 31.2 Å². The third-order valence-corrected chi connectivity index (χ3v) is 6.08. The van der Waals surface area contributed by atoms with Crippen LogP contribution in [0, 0.1) is 17.5 Å².